The van der Waals surface area contributed by atoms with Gasteiger partial charge in [-0.1, -0.05) is 23.2 Å². The third-order valence-electron chi connectivity index (χ3n) is 4.45. The molecule has 0 fully saturated rings. The van der Waals surface area contributed by atoms with E-state index in [0.717, 1.165) is 12.1 Å². The highest BCUT2D eigenvalue weighted by Gasteiger charge is 2.32. The van der Waals surface area contributed by atoms with E-state index in [1.54, 1.807) is 33.8 Å². The third-order valence-corrected chi connectivity index (χ3v) is 5.23. The molecule has 0 aliphatic carbocycles. The minimum absolute atomic E-state index is 0.118. The fourth-order valence-corrected chi connectivity index (χ4v) is 3.77. The Labute approximate surface area is 181 Å². The largest absolute Gasteiger partial charge is 0.464 e. The number of furan rings is 1. The lowest BCUT2D eigenvalue weighted by Gasteiger charge is -2.20. The van der Waals surface area contributed by atoms with Crippen molar-refractivity contribution in [2.24, 2.45) is 0 Å². The summed E-state index contributed by atoms with van der Waals surface area (Å²) in [6, 6.07) is 5.06. The second-order valence-electron chi connectivity index (χ2n) is 7.99. The number of carbonyl (C=O) groups excluding carboxylic acids is 1. The summed E-state index contributed by atoms with van der Waals surface area (Å²) in [6.07, 6.45) is -2.92. The van der Waals surface area contributed by atoms with Crippen molar-refractivity contribution in [2.75, 3.05) is 0 Å². The van der Waals surface area contributed by atoms with E-state index < -0.39 is 23.3 Å². The predicted molar refractivity (Wildman–Crippen MR) is 110 cm³/mol. The molecule has 160 valence electrons. The van der Waals surface area contributed by atoms with Crippen LogP contribution in [0.15, 0.2) is 34.9 Å². The summed E-state index contributed by atoms with van der Waals surface area (Å²) in [5.74, 6) is -0.589. The minimum atomic E-state index is -4.47. The normalized spacial score (nSPS) is 12.4. The van der Waals surface area contributed by atoms with E-state index in [-0.39, 0.29) is 22.6 Å². The number of rotatable bonds is 3. The Bertz CT molecular complexity index is 1130. The highest BCUT2D eigenvalue weighted by atomic mass is 35.5. The quantitative estimate of drug-likeness (QED) is 0.379. The monoisotopic (exact) mass is 458 g/mol. The summed E-state index contributed by atoms with van der Waals surface area (Å²) in [5, 5.41) is 1.01. The van der Waals surface area contributed by atoms with Crippen molar-refractivity contribution in [2.45, 2.75) is 45.9 Å². The Balaban J connectivity index is 2.04. The summed E-state index contributed by atoms with van der Waals surface area (Å²) in [7, 11) is 0. The molecule has 0 amide bonds. The summed E-state index contributed by atoms with van der Waals surface area (Å²) in [4.78, 5) is 12.5. The van der Waals surface area contributed by atoms with E-state index in [4.69, 9.17) is 32.4 Å². The molecule has 8 heteroatoms. The highest BCUT2D eigenvalue weighted by Crippen LogP contribution is 2.37. The first-order chi connectivity index (χ1) is 13.8. The molecule has 0 atom stereocenters. The van der Waals surface area contributed by atoms with Crippen molar-refractivity contribution < 1.29 is 27.1 Å². The van der Waals surface area contributed by atoms with E-state index >= 15 is 0 Å². The van der Waals surface area contributed by atoms with Gasteiger partial charge in [0.15, 0.2) is 0 Å². The number of fused-ring (bicyclic) bond motifs is 1. The van der Waals surface area contributed by atoms with Gasteiger partial charge in [-0.3, -0.25) is 0 Å². The van der Waals surface area contributed by atoms with Crippen LogP contribution in [0.2, 0.25) is 10.0 Å². The van der Waals surface area contributed by atoms with Gasteiger partial charge in [0.25, 0.3) is 0 Å². The van der Waals surface area contributed by atoms with Gasteiger partial charge in [0.05, 0.1) is 22.4 Å². The molecule has 0 saturated heterocycles. The Morgan fingerprint density at radius 3 is 2.40 bits per heavy atom. The molecule has 2 aromatic carbocycles. The molecular weight excluding hydrogens is 440 g/mol. The number of benzene rings is 2. The maximum Gasteiger partial charge on any atom is 0.416 e. The van der Waals surface area contributed by atoms with Crippen LogP contribution in [-0.4, -0.2) is 11.6 Å². The van der Waals surface area contributed by atoms with Crippen LogP contribution in [0, 0.1) is 6.92 Å². The van der Waals surface area contributed by atoms with Crippen molar-refractivity contribution in [3.63, 3.8) is 0 Å². The minimum Gasteiger partial charge on any atom is -0.464 e. The van der Waals surface area contributed by atoms with E-state index in [2.05, 4.69) is 0 Å². The van der Waals surface area contributed by atoms with Gasteiger partial charge in [-0.2, -0.15) is 13.2 Å². The number of esters is 1. The zero-order valence-electron chi connectivity index (χ0n) is 16.7. The van der Waals surface area contributed by atoms with Gasteiger partial charge >= 0.3 is 12.1 Å². The summed E-state index contributed by atoms with van der Waals surface area (Å²) in [6.45, 7) is 6.80. The summed E-state index contributed by atoms with van der Waals surface area (Å²) < 4.78 is 50.0. The number of alkyl halides is 3. The number of halogens is 5. The van der Waals surface area contributed by atoms with E-state index in [9.17, 15) is 18.0 Å². The lowest BCUT2D eigenvalue weighted by Crippen LogP contribution is -2.24. The van der Waals surface area contributed by atoms with Crippen molar-refractivity contribution in [3.8, 4) is 0 Å². The Morgan fingerprint density at radius 2 is 1.80 bits per heavy atom. The number of carbonyl (C=O) groups is 1. The van der Waals surface area contributed by atoms with Crippen molar-refractivity contribution >= 4 is 40.1 Å². The number of hydrogen-bond donors (Lipinski definition) is 0. The first kappa shape index (κ1) is 22.5. The molecule has 0 aliphatic rings. The van der Waals surface area contributed by atoms with Gasteiger partial charge in [0, 0.05) is 22.4 Å². The predicted octanol–water partition coefficient (Wildman–Crippen LogP) is 7.61. The summed E-state index contributed by atoms with van der Waals surface area (Å²) in [5.41, 5.74) is 0.289. The fraction of sp³-hybridized carbons (Fsp3) is 0.318. The molecule has 3 nitrogen and oxygen atoms in total. The lowest BCUT2D eigenvalue weighted by molar-refractivity contribution is -0.137. The average Bonchev–Trinajstić information content (AvgIpc) is 2.99. The summed E-state index contributed by atoms with van der Waals surface area (Å²) >= 11 is 12.8. The van der Waals surface area contributed by atoms with Gasteiger partial charge < -0.3 is 9.15 Å². The van der Waals surface area contributed by atoms with Crippen molar-refractivity contribution in [1.82, 2.24) is 0 Å². The molecule has 1 aromatic heterocycles. The molecule has 0 N–H and O–H groups in total. The third kappa shape index (κ3) is 4.60. The van der Waals surface area contributed by atoms with Gasteiger partial charge in [-0.25, -0.2) is 4.79 Å². The molecule has 30 heavy (non-hydrogen) atoms. The van der Waals surface area contributed by atoms with Crippen molar-refractivity contribution in [3.05, 3.63) is 68.4 Å². The molecule has 3 rings (SSSR count). The van der Waals surface area contributed by atoms with Crippen LogP contribution in [-0.2, 0) is 17.3 Å². The van der Waals surface area contributed by atoms with Gasteiger partial charge in [-0.05, 0) is 63.1 Å². The number of hydrogen-bond acceptors (Lipinski definition) is 3. The molecule has 1 heterocycles. The van der Waals surface area contributed by atoms with Crippen LogP contribution >= 0.6 is 23.2 Å². The Kier molecular flexibility index (Phi) is 5.87. The standard InChI is InChI=1S/C22H19Cl2F3O3/c1-11-7-13(22(25,26)27)9-17-18(11)12(10-29-17)8-15-16(23)6-5-14(19(15)24)20(28)30-21(2,3)4/h5-7,9-10H,8H2,1-4H3. The smallest absolute Gasteiger partial charge is 0.416 e. The van der Waals surface area contributed by atoms with Crippen LogP contribution in [0.1, 0.15) is 53.4 Å². The molecular formula is C22H19Cl2F3O3. The fourth-order valence-electron chi connectivity index (χ4n) is 3.19. The van der Waals surface area contributed by atoms with Crippen LogP contribution in [0.4, 0.5) is 13.2 Å². The SMILES string of the molecule is Cc1cc(C(F)(F)F)cc2occ(Cc3c(Cl)ccc(C(=O)OC(C)(C)C)c3Cl)c12. The van der Waals surface area contributed by atoms with Gasteiger partial charge in [0.1, 0.15) is 11.2 Å². The number of aryl methyl sites for hydroxylation is 1. The van der Waals surface area contributed by atoms with Crippen LogP contribution < -0.4 is 0 Å². The molecule has 0 aliphatic heterocycles. The zero-order chi connectivity index (χ0) is 22.4. The molecule has 0 radical (unpaired) electrons. The van der Waals surface area contributed by atoms with E-state index in [1.165, 1.54) is 12.3 Å². The second-order valence-corrected chi connectivity index (χ2v) is 8.78. The highest BCUT2D eigenvalue weighted by molar-refractivity contribution is 6.38. The van der Waals surface area contributed by atoms with Crippen LogP contribution in [0.3, 0.4) is 0 Å². The van der Waals surface area contributed by atoms with Crippen LogP contribution in [0.25, 0.3) is 11.0 Å². The first-order valence-corrected chi connectivity index (χ1v) is 9.81. The zero-order valence-corrected chi connectivity index (χ0v) is 18.2. The van der Waals surface area contributed by atoms with Crippen LogP contribution in [0.5, 0.6) is 0 Å². The van der Waals surface area contributed by atoms with Gasteiger partial charge in [-0.15, -0.1) is 0 Å². The van der Waals surface area contributed by atoms with Gasteiger partial charge in [0.2, 0.25) is 0 Å². The molecule has 3 aromatic rings. The van der Waals surface area contributed by atoms with E-state index in [0.29, 0.717) is 27.1 Å². The molecule has 0 unspecified atom stereocenters. The Hall–Kier alpha value is -2.18. The maximum absolute atomic E-state index is 13.1. The number of ether oxygens (including phenoxy) is 1. The maximum atomic E-state index is 13.1. The molecule has 0 bridgehead atoms. The Morgan fingerprint density at radius 1 is 1.13 bits per heavy atom. The second kappa shape index (κ2) is 7.82. The lowest BCUT2D eigenvalue weighted by atomic mass is 9.98. The molecule has 0 saturated carbocycles. The molecule has 0 spiro atoms. The van der Waals surface area contributed by atoms with Crippen molar-refractivity contribution in [1.29, 1.82) is 0 Å². The average molecular weight is 459 g/mol. The van der Waals surface area contributed by atoms with E-state index in [1.807, 2.05) is 0 Å². The topological polar surface area (TPSA) is 39.4 Å². The first-order valence-electron chi connectivity index (χ1n) is 9.06.